The SMILES string of the molecule is Cc1ccc(-c2ccc(=O)n(CCN(C)C)n2)nc1. The zero-order chi connectivity index (χ0) is 13.8. The van der Waals surface area contributed by atoms with Crippen LogP contribution in [0.2, 0.25) is 0 Å². The second kappa shape index (κ2) is 5.75. The highest BCUT2D eigenvalue weighted by atomic mass is 16.1. The summed E-state index contributed by atoms with van der Waals surface area (Å²) in [5, 5.41) is 4.36. The molecule has 0 unspecified atom stereocenters. The summed E-state index contributed by atoms with van der Waals surface area (Å²) in [6, 6.07) is 7.16. The van der Waals surface area contributed by atoms with E-state index in [1.807, 2.05) is 38.1 Å². The van der Waals surface area contributed by atoms with Crippen molar-refractivity contribution in [2.45, 2.75) is 13.5 Å². The predicted octanol–water partition coefficient (Wildman–Crippen LogP) is 1.18. The second-order valence-corrected chi connectivity index (χ2v) is 4.80. The highest BCUT2D eigenvalue weighted by Gasteiger charge is 2.04. The van der Waals surface area contributed by atoms with Crippen molar-refractivity contribution in [3.05, 3.63) is 46.4 Å². The van der Waals surface area contributed by atoms with Gasteiger partial charge in [-0.3, -0.25) is 9.78 Å². The molecule has 2 heterocycles. The summed E-state index contributed by atoms with van der Waals surface area (Å²) in [4.78, 5) is 18.1. The summed E-state index contributed by atoms with van der Waals surface area (Å²) >= 11 is 0. The number of rotatable bonds is 4. The highest BCUT2D eigenvalue weighted by molar-refractivity contribution is 5.52. The van der Waals surface area contributed by atoms with E-state index in [4.69, 9.17) is 0 Å². The molecular formula is C14H18N4O. The van der Waals surface area contributed by atoms with Crippen molar-refractivity contribution in [1.82, 2.24) is 19.7 Å². The van der Waals surface area contributed by atoms with Gasteiger partial charge >= 0.3 is 0 Å². The first-order chi connectivity index (χ1) is 9.06. The lowest BCUT2D eigenvalue weighted by atomic mass is 10.2. The van der Waals surface area contributed by atoms with E-state index < -0.39 is 0 Å². The molecule has 5 nitrogen and oxygen atoms in total. The molecule has 2 aromatic heterocycles. The highest BCUT2D eigenvalue weighted by Crippen LogP contribution is 2.12. The first kappa shape index (κ1) is 13.4. The molecule has 0 amide bonds. The summed E-state index contributed by atoms with van der Waals surface area (Å²) in [5.74, 6) is 0. The van der Waals surface area contributed by atoms with Crippen LogP contribution in [0.4, 0.5) is 0 Å². The Bertz CT molecular complexity index is 602. The lowest BCUT2D eigenvalue weighted by Crippen LogP contribution is -2.28. The van der Waals surface area contributed by atoms with E-state index in [1.54, 1.807) is 18.3 Å². The van der Waals surface area contributed by atoms with Gasteiger partial charge in [0, 0.05) is 18.8 Å². The van der Waals surface area contributed by atoms with Gasteiger partial charge in [0.1, 0.15) is 5.69 Å². The van der Waals surface area contributed by atoms with Crippen molar-refractivity contribution in [1.29, 1.82) is 0 Å². The molecule has 0 atom stereocenters. The fraction of sp³-hybridized carbons (Fsp3) is 0.357. The van der Waals surface area contributed by atoms with Crippen LogP contribution in [0, 0.1) is 6.92 Å². The number of aromatic nitrogens is 3. The molecule has 0 fully saturated rings. The molecule has 0 aliphatic heterocycles. The first-order valence-electron chi connectivity index (χ1n) is 6.22. The maximum atomic E-state index is 11.7. The van der Waals surface area contributed by atoms with Crippen LogP contribution in [0.3, 0.4) is 0 Å². The first-order valence-corrected chi connectivity index (χ1v) is 6.22. The van der Waals surface area contributed by atoms with Crippen molar-refractivity contribution >= 4 is 0 Å². The summed E-state index contributed by atoms with van der Waals surface area (Å²) in [7, 11) is 3.94. The monoisotopic (exact) mass is 258 g/mol. The van der Waals surface area contributed by atoms with Gasteiger partial charge in [-0.1, -0.05) is 6.07 Å². The van der Waals surface area contributed by atoms with Gasteiger partial charge in [-0.15, -0.1) is 0 Å². The zero-order valence-corrected chi connectivity index (χ0v) is 11.5. The minimum Gasteiger partial charge on any atom is -0.308 e. The Morgan fingerprint density at radius 2 is 1.89 bits per heavy atom. The molecule has 5 heteroatoms. The van der Waals surface area contributed by atoms with Crippen molar-refractivity contribution in [3.8, 4) is 11.4 Å². The molecule has 2 rings (SSSR count). The predicted molar refractivity (Wildman–Crippen MR) is 75.0 cm³/mol. The number of nitrogens with zero attached hydrogens (tertiary/aromatic N) is 4. The van der Waals surface area contributed by atoms with E-state index in [9.17, 15) is 4.79 Å². The van der Waals surface area contributed by atoms with Crippen molar-refractivity contribution in [2.24, 2.45) is 0 Å². The van der Waals surface area contributed by atoms with Gasteiger partial charge in [0.15, 0.2) is 0 Å². The van der Waals surface area contributed by atoms with E-state index in [-0.39, 0.29) is 5.56 Å². The van der Waals surface area contributed by atoms with Crippen LogP contribution >= 0.6 is 0 Å². The van der Waals surface area contributed by atoms with E-state index in [1.165, 1.54) is 4.68 Å². The van der Waals surface area contributed by atoms with Gasteiger partial charge in [-0.2, -0.15) is 5.10 Å². The molecule has 100 valence electrons. The van der Waals surface area contributed by atoms with E-state index in [0.717, 1.165) is 23.5 Å². The molecule has 0 bridgehead atoms. The number of hydrogen-bond acceptors (Lipinski definition) is 4. The lowest BCUT2D eigenvalue weighted by Gasteiger charge is -2.11. The Morgan fingerprint density at radius 3 is 2.53 bits per heavy atom. The number of likely N-dealkylation sites (N-methyl/N-ethyl adjacent to an activating group) is 1. The Hall–Kier alpha value is -2.01. The summed E-state index contributed by atoms with van der Waals surface area (Å²) < 4.78 is 1.48. The van der Waals surface area contributed by atoms with Crippen LogP contribution in [0.1, 0.15) is 5.56 Å². The molecule has 0 aliphatic carbocycles. The number of hydrogen-bond donors (Lipinski definition) is 0. The van der Waals surface area contributed by atoms with Crippen molar-refractivity contribution in [2.75, 3.05) is 20.6 Å². The van der Waals surface area contributed by atoms with Gasteiger partial charge in [0.2, 0.25) is 0 Å². The van der Waals surface area contributed by atoms with E-state index in [2.05, 4.69) is 10.1 Å². The molecular weight excluding hydrogens is 240 g/mol. The summed E-state index contributed by atoms with van der Waals surface area (Å²) in [5.41, 5.74) is 2.52. The molecule has 0 saturated carbocycles. The molecule has 0 spiro atoms. The summed E-state index contributed by atoms with van der Waals surface area (Å²) in [6.07, 6.45) is 1.80. The normalized spacial score (nSPS) is 10.9. The zero-order valence-electron chi connectivity index (χ0n) is 11.5. The fourth-order valence-corrected chi connectivity index (χ4v) is 1.66. The molecule has 0 radical (unpaired) electrons. The Labute approximate surface area is 112 Å². The largest absolute Gasteiger partial charge is 0.308 e. The molecule has 0 saturated heterocycles. The standard InChI is InChI=1S/C14H18N4O/c1-11-4-5-12(15-10-11)13-6-7-14(19)18(16-13)9-8-17(2)3/h4-7,10H,8-9H2,1-3H3. The van der Waals surface area contributed by atoms with Crippen LogP contribution in [-0.2, 0) is 6.54 Å². The van der Waals surface area contributed by atoms with Crippen LogP contribution in [-0.4, -0.2) is 40.3 Å². The van der Waals surface area contributed by atoms with Crippen LogP contribution < -0.4 is 5.56 Å². The van der Waals surface area contributed by atoms with Crippen LogP contribution in [0.25, 0.3) is 11.4 Å². The molecule has 19 heavy (non-hydrogen) atoms. The summed E-state index contributed by atoms with van der Waals surface area (Å²) in [6.45, 7) is 3.34. The maximum Gasteiger partial charge on any atom is 0.266 e. The molecule has 0 aromatic carbocycles. The Kier molecular flexibility index (Phi) is 4.06. The molecule has 0 aliphatic rings. The third kappa shape index (κ3) is 3.48. The topological polar surface area (TPSA) is 51.0 Å². The second-order valence-electron chi connectivity index (χ2n) is 4.80. The van der Waals surface area contributed by atoms with Gasteiger partial charge < -0.3 is 4.90 Å². The van der Waals surface area contributed by atoms with Gasteiger partial charge in [0.25, 0.3) is 5.56 Å². The quantitative estimate of drug-likeness (QED) is 0.826. The fourth-order valence-electron chi connectivity index (χ4n) is 1.66. The number of pyridine rings is 1. The minimum absolute atomic E-state index is 0.0855. The minimum atomic E-state index is -0.0855. The number of aryl methyl sites for hydroxylation is 1. The van der Waals surface area contributed by atoms with Crippen LogP contribution in [0.15, 0.2) is 35.3 Å². The molecule has 2 aromatic rings. The van der Waals surface area contributed by atoms with E-state index >= 15 is 0 Å². The van der Waals surface area contributed by atoms with Gasteiger partial charge in [0.05, 0.1) is 12.2 Å². The third-order valence-electron chi connectivity index (χ3n) is 2.80. The van der Waals surface area contributed by atoms with Crippen molar-refractivity contribution in [3.63, 3.8) is 0 Å². The lowest BCUT2D eigenvalue weighted by molar-refractivity contribution is 0.368. The van der Waals surface area contributed by atoms with Gasteiger partial charge in [-0.25, -0.2) is 4.68 Å². The Morgan fingerprint density at radius 1 is 1.16 bits per heavy atom. The third-order valence-corrected chi connectivity index (χ3v) is 2.80. The average Bonchev–Trinajstić information content (AvgIpc) is 2.39. The maximum absolute atomic E-state index is 11.7. The smallest absolute Gasteiger partial charge is 0.266 e. The van der Waals surface area contributed by atoms with Crippen LogP contribution in [0.5, 0.6) is 0 Å². The average molecular weight is 258 g/mol. The van der Waals surface area contributed by atoms with Gasteiger partial charge in [-0.05, 0) is 38.7 Å². The molecule has 0 N–H and O–H groups in total. The Balaban J connectivity index is 2.30. The van der Waals surface area contributed by atoms with E-state index in [0.29, 0.717) is 6.54 Å². The van der Waals surface area contributed by atoms with Crippen molar-refractivity contribution < 1.29 is 0 Å².